The van der Waals surface area contributed by atoms with E-state index < -0.39 is 24.6 Å². The predicted octanol–water partition coefficient (Wildman–Crippen LogP) is 2.97. The van der Waals surface area contributed by atoms with Crippen LogP contribution in [0.1, 0.15) is 37.1 Å². The van der Waals surface area contributed by atoms with Gasteiger partial charge in [0, 0.05) is 0 Å². The van der Waals surface area contributed by atoms with Gasteiger partial charge < -0.3 is 0 Å². The molecule has 0 bridgehead atoms. The summed E-state index contributed by atoms with van der Waals surface area (Å²) < 4.78 is 3.29. The van der Waals surface area contributed by atoms with Crippen molar-refractivity contribution >= 4 is 6.14 Å². The third-order valence-electron chi connectivity index (χ3n) is 4.94. The van der Waals surface area contributed by atoms with E-state index in [1.54, 1.807) is 6.14 Å². The molecular weight excluding hydrogens is 469 g/mol. The molecule has 23 heavy (non-hydrogen) atoms. The first kappa shape index (κ1) is 18.6. The molecule has 0 unspecified atom stereocenters. The molecule has 120 valence electrons. The summed E-state index contributed by atoms with van der Waals surface area (Å²) in [6, 6.07) is 19.1. The summed E-state index contributed by atoms with van der Waals surface area (Å²) in [5.74, 6) is 0. The van der Waals surface area contributed by atoms with Crippen LogP contribution in [-0.2, 0) is 24.6 Å². The van der Waals surface area contributed by atoms with Crippen molar-refractivity contribution in [3.05, 3.63) is 59.7 Å². The van der Waals surface area contributed by atoms with Crippen molar-refractivity contribution in [3.63, 3.8) is 0 Å². The second-order valence-electron chi connectivity index (χ2n) is 6.85. The van der Waals surface area contributed by atoms with Gasteiger partial charge in [-0.1, -0.05) is 0 Å². The number of nitrogens with zero attached hydrogens (tertiary/aromatic N) is 2. The van der Waals surface area contributed by atoms with E-state index in [2.05, 4.69) is 100 Å². The fourth-order valence-electron chi connectivity index (χ4n) is 2.97. The van der Waals surface area contributed by atoms with E-state index in [0.717, 1.165) is 0 Å². The molecule has 0 aliphatic carbocycles. The second-order valence-corrected chi connectivity index (χ2v) is 14.2. The molecule has 0 amide bonds. The summed E-state index contributed by atoms with van der Waals surface area (Å²) in [6.07, 6.45) is 0. The Hall–Kier alpha value is -0.705. The van der Waals surface area contributed by atoms with E-state index in [-0.39, 0.29) is 0 Å². The van der Waals surface area contributed by atoms with Crippen LogP contribution in [0.25, 0.3) is 0 Å². The third kappa shape index (κ3) is 4.65. The van der Waals surface area contributed by atoms with Crippen LogP contribution in [0, 0.1) is 0 Å². The normalized spacial score (nSPS) is 13.9. The Kier molecular flexibility index (Phi) is 6.81. The Morgan fingerprint density at radius 3 is 1.35 bits per heavy atom. The standard InChI is InChI=1S/2C10H14N.Hg/c2*1-9(11(2)3)10-7-5-4-6-8-10;/h2*4-7,9H,1-3H3;/t2*9-;/m00./s1. The van der Waals surface area contributed by atoms with Crippen molar-refractivity contribution in [3.8, 4) is 0 Å². The van der Waals surface area contributed by atoms with Gasteiger partial charge in [-0.05, 0) is 0 Å². The average molecular weight is 497 g/mol. The zero-order chi connectivity index (χ0) is 17.0. The molecule has 0 spiro atoms. The van der Waals surface area contributed by atoms with Crippen molar-refractivity contribution < 1.29 is 24.6 Å². The van der Waals surface area contributed by atoms with Crippen LogP contribution in [0.15, 0.2) is 48.5 Å². The maximum absolute atomic E-state index is 2.37. The van der Waals surface area contributed by atoms with E-state index in [1.807, 2.05) is 0 Å². The molecule has 0 fully saturated rings. The van der Waals surface area contributed by atoms with Crippen LogP contribution < -0.4 is 6.14 Å². The molecule has 2 aromatic rings. The van der Waals surface area contributed by atoms with Crippen molar-refractivity contribution in [2.45, 2.75) is 25.9 Å². The fraction of sp³-hybridized carbons (Fsp3) is 0.400. The van der Waals surface area contributed by atoms with Crippen LogP contribution in [-0.4, -0.2) is 38.0 Å². The number of rotatable bonds is 6. The first-order chi connectivity index (χ1) is 10.9. The quantitative estimate of drug-likeness (QED) is 0.567. The van der Waals surface area contributed by atoms with Gasteiger partial charge in [0.05, 0.1) is 0 Å². The molecule has 0 saturated carbocycles. The van der Waals surface area contributed by atoms with Gasteiger partial charge in [-0.25, -0.2) is 0 Å². The molecule has 0 heterocycles. The van der Waals surface area contributed by atoms with Crippen molar-refractivity contribution in [1.29, 1.82) is 0 Å². The van der Waals surface area contributed by atoms with E-state index >= 15 is 0 Å². The Balaban J connectivity index is 2.38. The van der Waals surface area contributed by atoms with Crippen molar-refractivity contribution in [2.24, 2.45) is 0 Å². The molecule has 0 aromatic heterocycles. The molecular formula is C20H28HgN2. The Morgan fingerprint density at radius 1 is 0.652 bits per heavy atom. The maximum atomic E-state index is 2.37. The molecule has 2 aromatic carbocycles. The Morgan fingerprint density at radius 2 is 1.00 bits per heavy atom. The zero-order valence-corrected chi connectivity index (χ0v) is 20.9. The molecule has 2 atom stereocenters. The van der Waals surface area contributed by atoms with Crippen LogP contribution >= 0.6 is 0 Å². The van der Waals surface area contributed by atoms with Gasteiger partial charge in [-0.2, -0.15) is 0 Å². The Bertz CT molecular complexity index is 582. The summed E-state index contributed by atoms with van der Waals surface area (Å²) >= 11 is -1.39. The van der Waals surface area contributed by atoms with E-state index in [0.29, 0.717) is 12.1 Å². The molecule has 2 rings (SSSR count). The summed E-state index contributed by atoms with van der Waals surface area (Å²) in [6.45, 7) is 4.61. The van der Waals surface area contributed by atoms with Crippen LogP contribution in [0.5, 0.6) is 0 Å². The summed E-state index contributed by atoms with van der Waals surface area (Å²) in [5.41, 5.74) is 3.04. The predicted molar refractivity (Wildman–Crippen MR) is 96.4 cm³/mol. The van der Waals surface area contributed by atoms with Crippen LogP contribution in [0.3, 0.4) is 0 Å². The molecule has 3 heteroatoms. The molecule has 0 radical (unpaired) electrons. The van der Waals surface area contributed by atoms with E-state index in [1.165, 1.54) is 11.1 Å². The Labute approximate surface area is 153 Å². The molecule has 0 saturated heterocycles. The van der Waals surface area contributed by atoms with Crippen molar-refractivity contribution in [1.82, 2.24) is 9.80 Å². The fourth-order valence-corrected chi connectivity index (χ4v) is 11.3. The molecule has 0 aliphatic heterocycles. The van der Waals surface area contributed by atoms with Gasteiger partial charge in [-0.3, -0.25) is 0 Å². The molecule has 0 N–H and O–H groups in total. The minimum absolute atomic E-state index is 0.477. The van der Waals surface area contributed by atoms with E-state index in [9.17, 15) is 0 Å². The average Bonchev–Trinajstić information content (AvgIpc) is 2.54. The van der Waals surface area contributed by atoms with Gasteiger partial charge in [-0.15, -0.1) is 0 Å². The monoisotopic (exact) mass is 498 g/mol. The summed E-state index contributed by atoms with van der Waals surface area (Å²) in [4.78, 5) is 4.61. The van der Waals surface area contributed by atoms with Gasteiger partial charge in [0.1, 0.15) is 0 Å². The van der Waals surface area contributed by atoms with Gasteiger partial charge in [0.25, 0.3) is 0 Å². The SMILES string of the molecule is C[C@@H](c1cccc[c]1[Hg][c]1ccccc1[C@H](C)N(C)C)N(C)C. The first-order valence-electron chi connectivity index (χ1n) is 8.40. The second kappa shape index (κ2) is 8.41. The van der Waals surface area contributed by atoms with Crippen molar-refractivity contribution in [2.75, 3.05) is 28.2 Å². The summed E-state index contributed by atoms with van der Waals surface area (Å²) in [5, 5.41) is 0. The zero-order valence-electron chi connectivity index (χ0n) is 15.4. The number of benzene rings is 2. The molecule has 0 aliphatic rings. The minimum atomic E-state index is -1.39. The van der Waals surface area contributed by atoms with E-state index in [4.69, 9.17) is 0 Å². The first-order valence-corrected chi connectivity index (χ1v) is 13.9. The molecule has 2 nitrogen and oxygen atoms in total. The number of hydrogen-bond acceptors (Lipinski definition) is 2. The van der Waals surface area contributed by atoms with Gasteiger partial charge in [0.2, 0.25) is 0 Å². The number of hydrogen-bond donors (Lipinski definition) is 0. The third-order valence-corrected chi connectivity index (χ3v) is 12.9. The van der Waals surface area contributed by atoms with Gasteiger partial charge >= 0.3 is 154 Å². The topological polar surface area (TPSA) is 6.48 Å². The van der Waals surface area contributed by atoms with Crippen LogP contribution in [0.4, 0.5) is 0 Å². The summed E-state index contributed by atoms with van der Waals surface area (Å²) in [7, 11) is 8.67. The van der Waals surface area contributed by atoms with Gasteiger partial charge in [0.15, 0.2) is 0 Å². The van der Waals surface area contributed by atoms with Crippen LogP contribution in [0.2, 0.25) is 0 Å².